The highest BCUT2D eigenvalue weighted by Crippen LogP contribution is 2.25. The Bertz CT molecular complexity index is 581. The van der Waals surface area contributed by atoms with Crippen LogP contribution >= 0.6 is 0 Å². The van der Waals surface area contributed by atoms with Crippen LogP contribution in [-0.4, -0.2) is 39.6 Å². The Balaban J connectivity index is 2.09. The Morgan fingerprint density at radius 1 is 1.38 bits per heavy atom. The molecule has 1 aliphatic heterocycles. The number of nitrogens with one attached hydrogen (secondary N) is 2. The van der Waals surface area contributed by atoms with Crippen LogP contribution in [0.5, 0.6) is 0 Å². The quantitative estimate of drug-likeness (QED) is 0.644. The zero-order valence-corrected chi connectivity index (χ0v) is 12.4. The number of carbonyl (C=O) groups is 1. The van der Waals surface area contributed by atoms with Crippen molar-refractivity contribution >= 4 is 28.1 Å². The number of amides is 1. The second-order valence-electron chi connectivity index (χ2n) is 4.83. The summed E-state index contributed by atoms with van der Waals surface area (Å²) in [6.45, 7) is 0. The van der Waals surface area contributed by atoms with E-state index < -0.39 is 15.7 Å². The van der Waals surface area contributed by atoms with Crippen molar-refractivity contribution in [3.05, 3.63) is 33.9 Å². The Hall–Kier alpha value is -1.96. The maximum atomic E-state index is 12.2. The van der Waals surface area contributed by atoms with Crippen molar-refractivity contribution in [2.24, 2.45) is 0 Å². The van der Waals surface area contributed by atoms with E-state index in [0.717, 1.165) is 0 Å². The van der Waals surface area contributed by atoms with E-state index in [9.17, 15) is 19.1 Å². The molecule has 0 bridgehead atoms. The Morgan fingerprint density at radius 2 is 2.05 bits per heavy atom. The van der Waals surface area contributed by atoms with Crippen LogP contribution in [0.15, 0.2) is 18.2 Å². The van der Waals surface area contributed by atoms with Gasteiger partial charge in [0.05, 0.1) is 4.92 Å². The largest absolute Gasteiger partial charge is 0.383 e. The van der Waals surface area contributed by atoms with Gasteiger partial charge in [0.1, 0.15) is 5.69 Å². The summed E-state index contributed by atoms with van der Waals surface area (Å²) in [7, 11) is 0.800. The molecule has 0 saturated carbocycles. The normalized spacial score (nSPS) is 21.6. The van der Waals surface area contributed by atoms with Gasteiger partial charge >= 0.3 is 0 Å². The van der Waals surface area contributed by atoms with Gasteiger partial charge in [-0.2, -0.15) is 0 Å². The number of benzene rings is 1. The van der Waals surface area contributed by atoms with E-state index in [-0.39, 0.29) is 17.6 Å². The van der Waals surface area contributed by atoms with Crippen LogP contribution in [0, 0.1) is 10.1 Å². The first kappa shape index (κ1) is 15.4. The van der Waals surface area contributed by atoms with Crippen LogP contribution < -0.4 is 10.6 Å². The van der Waals surface area contributed by atoms with Crippen molar-refractivity contribution in [3.63, 3.8) is 0 Å². The number of nitrogens with zero attached hydrogens (tertiary/aromatic N) is 1. The van der Waals surface area contributed by atoms with E-state index in [4.69, 9.17) is 0 Å². The summed E-state index contributed by atoms with van der Waals surface area (Å²) in [4.78, 5) is 22.5. The van der Waals surface area contributed by atoms with Crippen LogP contribution in [0.4, 0.5) is 11.4 Å². The zero-order chi connectivity index (χ0) is 15.4. The molecule has 1 aromatic rings. The van der Waals surface area contributed by atoms with Gasteiger partial charge in [-0.1, -0.05) is 0 Å². The summed E-state index contributed by atoms with van der Waals surface area (Å²) in [5.74, 6) is 0.944. The lowest BCUT2D eigenvalue weighted by molar-refractivity contribution is -0.383. The monoisotopic (exact) mass is 311 g/mol. The second-order valence-corrected chi connectivity index (χ2v) is 6.53. The highest BCUT2D eigenvalue weighted by atomic mass is 32.2. The maximum Gasteiger partial charge on any atom is 0.292 e. The zero-order valence-electron chi connectivity index (χ0n) is 11.6. The third-order valence-corrected chi connectivity index (χ3v) is 4.83. The Morgan fingerprint density at radius 3 is 2.62 bits per heavy atom. The van der Waals surface area contributed by atoms with Gasteiger partial charge in [0.2, 0.25) is 0 Å². The van der Waals surface area contributed by atoms with Crippen LogP contribution in [-0.2, 0) is 10.8 Å². The number of carbonyl (C=O) groups excluding carboxylic acids is 1. The van der Waals surface area contributed by atoms with Crippen molar-refractivity contribution in [2.45, 2.75) is 18.9 Å². The van der Waals surface area contributed by atoms with Crippen molar-refractivity contribution in [3.8, 4) is 0 Å². The van der Waals surface area contributed by atoms with E-state index in [1.807, 2.05) is 0 Å². The summed E-state index contributed by atoms with van der Waals surface area (Å²) in [6, 6.07) is 4.24. The standard InChI is InChI=1S/C13H17N3O4S/c1-14-11-8-9(2-3-12(11)16(18)19)13(17)15-10-4-6-21(20)7-5-10/h2-3,8,10,14H,4-7H2,1H3,(H,15,17). The van der Waals surface area contributed by atoms with Crippen LogP contribution in [0.3, 0.4) is 0 Å². The molecule has 1 aromatic carbocycles. The SMILES string of the molecule is CNc1cc(C(=O)NC2CCS(=O)CC2)ccc1[N+](=O)[O-]. The number of hydrogen-bond acceptors (Lipinski definition) is 5. The lowest BCUT2D eigenvalue weighted by atomic mass is 10.1. The van der Waals surface area contributed by atoms with Crippen molar-refractivity contribution in [1.82, 2.24) is 5.32 Å². The van der Waals surface area contributed by atoms with Crippen molar-refractivity contribution in [2.75, 3.05) is 23.9 Å². The highest BCUT2D eigenvalue weighted by Gasteiger charge is 2.21. The molecule has 2 rings (SSSR count). The molecule has 1 aliphatic rings. The fraction of sp³-hybridized carbons (Fsp3) is 0.462. The number of rotatable bonds is 4. The molecule has 21 heavy (non-hydrogen) atoms. The van der Waals surface area contributed by atoms with E-state index in [1.165, 1.54) is 18.2 Å². The average Bonchev–Trinajstić information content (AvgIpc) is 2.48. The van der Waals surface area contributed by atoms with Crippen LogP contribution in [0.2, 0.25) is 0 Å². The third kappa shape index (κ3) is 3.78. The fourth-order valence-corrected chi connectivity index (χ4v) is 3.54. The molecular weight excluding hydrogens is 294 g/mol. The van der Waals surface area contributed by atoms with Gasteiger partial charge in [0.15, 0.2) is 0 Å². The maximum absolute atomic E-state index is 12.2. The highest BCUT2D eigenvalue weighted by molar-refractivity contribution is 7.85. The summed E-state index contributed by atoms with van der Waals surface area (Å²) < 4.78 is 11.3. The van der Waals surface area contributed by atoms with Gasteiger partial charge in [-0.15, -0.1) is 0 Å². The minimum absolute atomic E-state index is 0.0171. The summed E-state index contributed by atoms with van der Waals surface area (Å²) in [5.41, 5.74) is 0.608. The topological polar surface area (TPSA) is 101 Å². The van der Waals surface area contributed by atoms with Crippen molar-refractivity contribution in [1.29, 1.82) is 0 Å². The molecule has 8 heteroatoms. The molecule has 0 radical (unpaired) electrons. The van der Waals surface area contributed by atoms with Gasteiger partial charge in [-0.05, 0) is 25.0 Å². The molecule has 2 N–H and O–H groups in total. The van der Waals surface area contributed by atoms with Crippen LogP contribution in [0.1, 0.15) is 23.2 Å². The molecule has 1 fully saturated rings. The molecule has 1 amide bonds. The van der Waals surface area contributed by atoms with Gasteiger partial charge < -0.3 is 10.6 Å². The number of hydrogen-bond donors (Lipinski definition) is 2. The van der Waals surface area contributed by atoms with E-state index in [1.54, 1.807) is 7.05 Å². The molecule has 0 atom stereocenters. The molecule has 1 heterocycles. The second kappa shape index (κ2) is 6.66. The first-order chi connectivity index (χ1) is 10.0. The van der Waals surface area contributed by atoms with Gasteiger partial charge in [-0.3, -0.25) is 19.1 Å². The first-order valence-electron chi connectivity index (χ1n) is 6.63. The molecule has 114 valence electrons. The molecule has 1 saturated heterocycles. The Labute approximate surface area is 124 Å². The number of nitro benzene ring substituents is 1. The van der Waals surface area contributed by atoms with E-state index in [2.05, 4.69) is 10.6 Å². The van der Waals surface area contributed by atoms with Crippen LogP contribution in [0.25, 0.3) is 0 Å². The summed E-state index contributed by atoms with van der Waals surface area (Å²) >= 11 is 0. The number of nitro groups is 1. The molecule has 0 spiro atoms. The smallest absolute Gasteiger partial charge is 0.292 e. The molecular formula is C13H17N3O4S. The van der Waals surface area contributed by atoms with Crippen molar-refractivity contribution < 1.29 is 13.9 Å². The predicted molar refractivity (Wildman–Crippen MR) is 81.0 cm³/mol. The van der Waals surface area contributed by atoms with E-state index in [0.29, 0.717) is 35.6 Å². The molecule has 7 nitrogen and oxygen atoms in total. The fourth-order valence-electron chi connectivity index (χ4n) is 2.24. The summed E-state index contributed by atoms with van der Waals surface area (Å²) in [6.07, 6.45) is 1.40. The minimum Gasteiger partial charge on any atom is -0.383 e. The third-order valence-electron chi connectivity index (χ3n) is 3.45. The average molecular weight is 311 g/mol. The predicted octanol–water partition coefficient (Wildman–Crippen LogP) is 1.28. The summed E-state index contributed by atoms with van der Waals surface area (Å²) in [5, 5.41) is 16.5. The van der Waals surface area contributed by atoms with Gasteiger partial charge in [0, 0.05) is 47.0 Å². The first-order valence-corrected chi connectivity index (χ1v) is 8.12. The van der Waals surface area contributed by atoms with Gasteiger partial charge in [-0.25, -0.2) is 0 Å². The molecule has 0 aromatic heterocycles. The molecule has 0 aliphatic carbocycles. The van der Waals surface area contributed by atoms with E-state index >= 15 is 0 Å². The molecule has 0 unspecified atom stereocenters. The lowest BCUT2D eigenvalue weighted by Crippen LogP contribution is -2.39. The number of anilines is 1. The minimum atomic E-state index is -0.770. The van der Waals surface area contributed by atoms with Gasteiger partial charge in [0.25, 0.3) is 11.6 Å². The lowest BCUT2D eigenvalue weighted by Gasteiger charge is -2.22. The Kier molecular flexibility index (Phi) is 4.89.